The topological polar surface area (TPSA) is 88.3 Å². The van der Waals surface area contributed by atoms with E-state index in [9.17, 15) is 9.47 Å². The fraction of sp³-hybridized carbons (Fsp3) is 0.136. The van der Waals surface area contributed by atoms with E-state index in [0.29, 0.717) is 37.9 Å². The quantitative estimate of drug-likeness (QED) is 0.344. The van der Waals surface area contributed by atoms with Gasteiger partial charge in [-0.15, -0.1) is 11.3 Å². The number of halogens is 1. The summed E-state index contributed by atoms with van der Waals surface area (Å²) in [7, 11) is 1.54. The van der Waals surface area contributed by atoms with E-state index < -0.39 is 11.0 Å². The van der Waals surface area contributed by atoms with Gasteiger partial charge in [0.2, 0.25) is 0 Å². The molecule has 7 nitrogen and oxygen atoms in total. The molecule has 0 N–H and O–H groups in total. The number of methoxy groups -OCH3 is 2. The normalized spacial score (nSPS) is 11.7. The Morgan fingerprint density at radius 1 is 1.16 bits per heavy atom. The van der Waals surface area contributed by atoms with Gasteiger partial charge in [-0.2, -0.15) is 5.26 Å². The summed E-state index contributed by atoms with van der Waals surface area (Å²) < 4.78 is 26.2. The molecule has 1 atom stereocenters. The first-order valence-electron chi connectivity index (χ1n) is 9.34. The second kappa shape index (κ2) is 9.53. The smallest absolute Gasteiger partial charge is 0.197 e. The minimum absolute atomic E-state index is 0.285. The summed E-state index contributed by atoms with van der Waals surface area (Å²) in [5.41, 5.74) is 1.18. The summed E-state index contributed by atoms with van der Waals surface area (Å²) >= 11 is 7.57. The van der Waals surface area contributed by atoms with Gasteiger partial charge in [0, 0.05) is 40.2 Å². The maximum absolute atomic E-state index is 13.7. The molecular weight excluding hydrogens is 468 g/mol. The first-order chi connectivity index (χ1) is 15.5. The van der Waals surface area contributed by atoms with E-state index in [4.69, 9.17) is 21.1 Å². The van der Waals surface area contributed by atoms with Crippen LogP contribution in [0.15, 0.2) is 59.1 Å². The lowest BCUT2D eigenvalue weighted by Crippen LogP contribution is -2.25. The van der Waals surface area contributed by atoms with Crippen LogP contribution < -0.4 is 13.8 Å². The number of benzene rings is 2. The lowest BCUT2D eigenvalue weighted by atomic mass is 10.1. The van der Waals surface area contributed by atoms with Crippen molar-refractivity contribution in [3.8, 4) is 17.6 Å². The molecule has 0 amide bonds. The second-order valence-corrected chi connectivity index (χ2v) is 9.20. The molecule has 4 aromatic rings. The Morgan fingerprint density at radius 3 is 2.69 bits per heavy atom. The Labute approximate surface area is 196 Å². The number of ether oxygens (including phenoxy) is 2. The number of hydrogen-bond donors (Lipinski definition) is 0. The van der Waals surface area contributed by atoms with Crippen LogP contribution in [0, 0.1) is 11.3 Å². The van der Waals surface area contributed by atoms with Crippen molar-refractivity contribution < 1.29 is 13.7 Å². The van der Waals surface area contributed by atoms with E-state index in [1.807, 2.05) is 17.5 Å². The van der Waals surface area contributed by atoms with E-state index in [1.54, 1.807) is 49.0 Å². The Balaban J connectivity index is 1.77. The van der Waals surface area contributed by atoms with Gasteiger partial charge < -0.3 is 9.47 Å². The molecule has 2 heterocycles. The highest BCUT2D eigenvalue weighted by Crippen LogP contribution is 2.32. The molecule has 2 aromatic carbocycles. The molecule has 0 fully saturated rings. The number of fused-ring (bicyclic) bond motifs is 1. The molecule has 0 bridgehead atoms. The molecule has 0 aliphatic rings. The Morgan fingerprint density at radius 2 is 2.00 bits per heavy atom. The standard InChI is InChI=1S/C22H17ClN4O3S2/c1-29-16-4-3-14(20(9-16)30-2)13-27(22-25-7-8-31-22)32(28)17-5-6-18-19(10-17)15(11-24)12-26-21(18)23/h3-10,12H,13H2,1-2H3. The average Bonchev–Trinajstić information content (AvgIpc) is 3.37. The molecule has 0 saturated heterocycles. The highest BCUT2D eigenvalue weighted by atomic mass is 35.5. The zero-order valence-electron chi connectivity index (χ0n) is 17.1. The molecule has 10 heteroatoms. The zero-order chi connectivity index (χ0) is 22.7. The predicted molar refractivity (Wildman–Crippen MR) is 126 cm³/mol. The summed E-state index contributed by atoms with van der Waals surface area (Å²) in [5.74, 6) is 1.28. The highest BCUT2D eigenvalue weighted by Gasteiger charge is 2.22. The van der Waals surface area contributed by atoms with E-state index >= 15 is 0 Å². The van der Waals surface area contributed by atoms with E-state index in [1.165, 1.54) is 17.5 Å². The minimum Gasteiger partial charge on any atom is -0.497 e. The fourth-order valence-electron chi connectivity index (χ4n) is 3.18. The number of nitrogens with zero attached hydrogens (tertiary/aromatic N) is 4. The molecule has 0 radical (unpaired) electrons. The monoisotopic (exact) mass is 484 g/mol. The fourth-order valence-corrected chi connectivity index (χ4v) is 5.38. The molecule has 162 valence electrons. The van der Waals surface area contributed by atoms with Crippen molar-refractivity contribution in [2.45, 2.75) is 11.4 Å². The van der Waals surface area contributed by atoms with Gasteiger partial charge in [-0.1, -0.05) is 11.6 Å². The summed E-state index contributed by atoms with van der Waals surface area (Å²) in [6, 6.07) is 12.8. The summed E-state index contributed by atoms with van der Waals surface area (Å²) in [5, 5.41) is 13.4. The number of aromatic nitrogens is 2. The van der Waals surface area contributed by atoms with E-state index in [-0.39, 0.29) is 11.7 Å². The SMILES string of the molecule is COc1ccc(CN(c2nccs2)S(=O)c2ccc3c(Cl)ncc(C#N)c3c2)c(OC)c1. The van der Waals surface area contributed by atoms with Crippen LogP contribution in [-0.4, -0.2) is 28.4 Å². The molecule has 4 rings (SSSR count). The summed E-state index contributed by atoms with van der Waals surface area (Å²) in [6.07, 6.45) is 3.08. The molecule has 1 unspecified atom stereocenters. The maximum atomic E-state index is 13.7. The van der Waals surface area contributed by atoms with Crippen LogP contribution in [0.2, 0.25) is 5.15 Å². The van der Waals surface area contributed by atoms with Gasteiger partial charge >= 0.3 is 0 Å². The summed E-state index contributed by atoms with van der Waals surface area (Å²) in [4.78, 5) is 8.92. The Bertz CT molecular complexity index is 1340. The third-order valence-corrected chi connectivity index (χ3v) is 7.34. The first-order valence-corrected chi connectivity index (χ1v) is 11.7. The van der Waals surface area contributed by atoms with Gasteiger partial charge in [-0.3, -0.25) is 4.31 Å². The number of anilines is 1. The van der Waals surface area contributed by atoms with Gasteiger partial charge in [0.25, 0.3) is 0 Å². The second-order valence-electron chi connectivity index (χ2n) is 6.56. The van der Waals surface area contributed by atoms with Crippen molar-refractivity contribution in [2.24, 2.45) is 0 Å². The molecule has 0 aliphatic carbocycles. The number of nitriles is 1. The van der Waals surface area contributed by atoms with Crippen molar-refractivity contribution in [1.82, 2.24) is 9.97 Å². The van der Waals surface area contributed by atoms with Gasteiger partial charge in [0.05, 0.1) is 31.2 Å². The zero-order valence-corrected chi connectivity index (χ0v) is 19.5. The van der Waals surface area contributed by atoms with Gasteiger partial charge in [0.1, 0.15) is 22.7 Å². The highest BCUT2D eigenvalue weighted by molar-refractivity contribution is 7.86. The Hall–Kier alpha value is -3.19. The van der Waals surface area contributed by atoms with Crippen LogP contribution >= 0.6 is 22.9 Å². The number of thiazole rings is 1. The van der Waals surface area contributed by atoms with Crippen molar-refractivity contribution in [3.63, 3.8) is 0 Å². The maximum Gasteiger partial charge on any atom is 0.197 e. The number of pyridine rings is 1. The van der Waals surface area contributed by atoms with Crippen LogP contribution in [0.4, 0.5) is 5.13 Å². The van der Waals surface area contributed by atoms with Crippen molar-refractivity contribution >= 4 is 49.8 Å². The van der Waals surface area contributed by atoms with Crippen LogP contribution in [0.3, 0.4) is 0 Å². The lowest BCUT2D eigenvalue weighted by Gasteiger charge is -2.22. The number of rotatable bonds is 7. The molecule has 2 aromatic heterocycles. The van der Waals surface area contributed by atoms with Gasteiger partial charge in [-0.05, 0) is 30.3 Å². The predicted octanol–water partition coefficient (Wildman–Crippen LogP) is 4.96. The average molecular weight is 485 g/mol. The van der Waals surface area contributed by atoms with Crippen LogP contribution in [-0.2, 0) is 17.5 Å². The summed E-state index contributed by atoms with van der Waals surface area (Å²) in [6.45, 7) is 0.285. The van der Waals surface area contributed by atoms with Crippen molar-refractivity contribution in [2.75, 3.05) is 18.5 Å². The van der Waals surface area contributed by atoms with E-state index in [2.05, 4.69) is 16.0 Å². The number of hydrogen-bond acceptors (Lipinski definition) is 7. The van der Waals surface area contributed by atoms with Crippen LogP contribution in [0.1, 0.15) is 11.1 Å². The molecular formula is C22H17ClN4O3S2. The molecule has 0 aliphatic heterocycles. The van der Waals surface area contributed by atoms with E-state index in [0.717, 1.165) is 5.56 Å². The third kappa shape index (κ3) is 4.25. The van der Waals surface area contributed by atoms with Crippen LogP contribution in [0.5, 0.6) is 11.5 Å². The lowest BCUT2D eigenvalue weighted by molar-refractivity contribution is 0.391. The molecule has 0 saturated carbocycles. The first kappa shape index (κ1) is 22.0. The van der Waals surface area contributed by atoms with Crippen molar-refractivity contribution in [3.05, 3.63) is 70.5 Å². The largest absolute Gasteiger partial charge is 0.497 e. The van der Waals surface area contributed by atoms with Crippen molar-refractivity contribution in [1.29, 1.82) is 5.26 Å². The molecule has 32 heavy (non-hydrogen) atoms. The third-order valence-electron chi connectivity index (χ3n) is 4.77. The minimum atomic E-state index is -1.62. The van der Waals surface area contributed by atoms with Crippen LogP contribution in [0.25, 0.3) is 10.8 Å². The van der Waals surface area contributed by atoms with Gasteiger partial charge in [-0.25, -0.2) is 14.2 Å². The Kier molecular flexibility index (Phi) is 6.55. The van der Waals surface area contributed by atoms with Gasteiger partial charge in [0.15, 0.2) is 16.1 Å². The molecule has 0 spiro atoms.